The first-order valence-corrected chi connectivity index (χ1v) is 15.1. The minimum Gasteiger partial charge on any atom is -0.465 e. The summed E-state index contributed by atoms with van der Waals surface area (Å²) in [7, 11) is 0. The molecule has 2 rings (SSSR count). The van der Waals surface area contributed by atoms with Crippen LogP contribution in [0.1, 0.15) is 118 Å². The Morgan fingerprint density at radius 3 is 1.33 bits per heavy atom. The van der Waals surface area contributed by atoms with Crippen molar-refractivity contribution in [2.75, 3.05) is 26.3 Å². The summed E-state index contributed by atoms with van der Waals surface area (Å²) in [6.45, 7) is 10.8. The van der Waals surface area contributed by atoms with Crippen LogP contribution in [0.3, 0.4) is 0 Å². The molecule has 2 N–H and O–H groups in total. The van der Waals surface area contributed by atoms with Gasteiger partial charge in [0.05, 0.1) is 13.2 Å². The van der Waals surface area contributed by atoms with Crippen LogP contribution in [0, 0.1) is 23.7 Å². The standard InChI is InChI=1S/C30H56N2O4/c1-23(2)15-19-35-29(33)27(21-25-11-7-5-8-12-25)31-17-18-32-28(22-26-13-9-6-10-14-26)30(34)36-20-16-24(3)4/h23-28,31-32H,5-22H2,1-4H3. The fourth-order valence-corrected chi connectivity index (χ4v) is 5.52. The Morgan fingerprint density at radius 2 is 1.00 bits per heavy atom. The number of carbonyl (C=O) groups excluding carboxylic acids is 2. The van der Waals surface area contributed by atoms with Gasteiger partial charge in [0, 0.05) is 13.1 Å². The molecule has 0 aromatic carbocycles. The molecule has 210 valence electrons. The summed E-state index contributed by atoms with van der Waals surface area (Å²) in [6.07, 6.45) is 16.0. The van der Waals surface area contributed by atoms with Crippen molar-refractivity contribution in [2.45, 2.75) is 130 Å². The van der Waals surface area contributed by atoms with Gasteiger partial charge in [-0.05, 0) is 49.4 Å². The highest BCUT2D eigenvalue weighted by atomic mass is 16.5. The van der Waals surface area contributed by atoms with Gasteiger partial charge >= 0.3 is 11.9 Å². The van der Waals surface area contributed by atoms with Crippen LogP contribution in [0.5, 0.6) is 0 Å². The zero-order chi connectivity index (χ0) is 26.2. The second kappa shape index (κ2) is 18.2. The molecule has 2 atom stereocenters. The van der Waals surface area contributed by atoms with E-state index >= 15 is 0 Å². The molecule has 0 radical (unpaired) electrons. The highest BCUT2D eigenvalue weighted by Gasteiger charge is 2.27. The predicted octanol–water partition coefficient (Wildman–Crippen LogP) is 6.02. The largest absolute Gasteiger partial charge is 0.465 e. The Balaban J connectivity index is 1.86. The summed E-state index contributed by atoms with van der Waals surface area (Å²) in [4.78, 5) is 25.8. The van der Waals surface area contributed by atoms with Gasteiger partial charge in [-0.15, -0.1) is 0 Å². The lowest BCUT2D eigenvalue weighted by Gasteiger charge is -2.28. The van der Waals surface area contributed by atoms with E-state index in [2.05, 4.69) is 38.3 Å². The third kappa shape index (κ3) is 13.4. The highest BCUT2D eigenvalue weighted by Crippen LogP contribution is 2.28. The molecule has 2 saturated carbocycles. The lowest BCUT2D eigenvalue weighted by atomic mass is 9.84. The molecule has 6 nitrogen and oxygen atoms in total. The van der Waals surface area contributed by atoms with Crippen molar-refractivity contribution in [3.63, 3.8) is 0 Å². The van der Waals surface area contributed by atoms with Crippen molar-refractivity contribution in [1.82, 2.24) is 10.6 Å². The normalized spacial score (nSPS) is 19.4. The molecule has 0 aromatic rings. The third-order valence-corrected chi connectivity index (χ3v) is 7.94. The summed E-state index contributed by atoms with van der Waals surface area (Å²) >= 11 is 0. The zero-order valence-corrected chi connectivity index (χ0v) is 23.8. The number of ether oxygens (including phenoxy) is 2. The van der Waals surface area contributed by atoms with Gasteiger partial charge in [0.15, 0.2) is 0 Å². The van der Waals surface area contributed by atoms with Crippen LogP contribution in [-0.4, -0.2) is 50.3 Å². The Labute approximate surface area is 221 Å². The molecule has 0 aromatic heterocycles. The highest BCUT2D eigenvalue weighted by molar-refractivity contribution is 5.76. The van der Waals surface area contributed by atoms with Gasteiger partial charge in [0.2, 0.25) is 0 Å². The first-order valence-electron chi connectivity index (χ1n) is 15.1. The molecule has 0 amide bonds. The Hall–Kier alpha value is -1.14. The minimum absolute atomic E-state index is 0.118. The number of hydrogen-bond acceptors (Lipinski definition) is 6. The monoisotopic (exact) mass is 508 g/mol. The molecule has 0 spiro atoms. The van der Waals surface area contributed by atoms with Crippen LogP contribution >= 0.6 is 0 Å². The SMILES string of the molecule is CC(C)CCOC(=O)C(CC1CCCCC1)NCCNC(CC1CCCCC1)C(=O)OCCC(C)C. The topological polar surface area (TPSA) is 76.7 Å². The summed E-state index contributed by atoms with van der Waals surface area (Å²) in [5, 5.41) is 6.94. The van der Waals surface area contributed by atoms with Gasteiger partial charge in [0.1, 0.15) is 12.1 Å². The van der Waals surface area contributed by atoms with Crippen molar-refractivity contribution in [3.8, 4) is 0 Å². The van der Waals surface area contributed by atoms with Crippen LogP contribution in [0.15, 0.2) is 0 Å². The van der Waals surface area contributed by atoms with Crippen LogP contribution in [-0.2, 0) is 19.1 Å². The molecule has 2 unspecified atom stereocenters. The minimum atomic E-state index is -0.267. The van der Waals surface area contributed by atoms with E-state index in [1.54, 1.807) is 0 Å². The van der Waals surface area contributed by atoms with E-state index in [0.29, 0.717) is 50.0 Å². The molecular formula is C30H56N2O4. The smallest absolute Gasteiger partial charge is 0.323 e. The Bertz CT molecular complexity index is 546. The first kappa shape index (κ1) is 31.1. The van der Waals surface area contributed by atoms with E-state index in [1.807, 2.05) is 0 Å². The van der Waals surface area contributed by atoms with E-state index in [1.165, 1.54) is 64.2 Å². The maximum Gasteiger partial charge on any atom is 0.323 e. The Kier molecular flexibility index (Phi) is 15.7. The van der Waals surface area contributed by atoms with Crippen LogP contribution in [0.4, 0.5) is 0 Å². The van der Waals surface area contributed by atoms with Crippen molar-refractivity contribution >= 4 is 11.9 Å². The third-order valence-electron chi connectivity index (χ3n) is 7.94. The van der Waals surface area contributed by atoms with E-state index in [-0.39, 0.29) is 24.0 Å². The maximum atomic E-state index is 12.9. The molecule has 2 aliphatic carbocycles. The van der Waals surface area contributed by atoms with Gasteiger partial charge in [-0.1, -0.05) is 91.9 Å². The summed E-state index contributed by atoms with van der Waals surface area (Å²) < 4.78 is 11.3. The first-order chi connectivity index (χ1) is 17.3. The molecule has 0 heterocycles. The molecule has 0 aliphatic heterocycles. The maximum absolute atomic E-state index is 12.9. The number of nitrogens with one attached hydrogen (secondary N) is 2. The van der Waals surface area contributed by atoms with Crippen molar-refractivity contribution in [2.24, 2.45) is 23.7 Å². The van der Waals surface area contributed by atoms with Crippen LogP contribution in [0.2, 0.25) is 0 Å². The van der Waals surface area contributed by atoms with Crippen molar-refractivity contribution in [1.29, 1.82) is 0 Å². The van der Waals surface area contributed by atoms with E-state index in [0.717, 1.165) is 25.7 Å². The fourth-order valence-electron chi connectivity index (χ4n) is 5.52. The Morgan fingerprint density at radius 1 is 0.639 bits per heavy atom. The molecule has 2 aliphatic rings. The van der Waals surface area contributed by atoms with Gasteiger partial charge in [-0.2, -0.15) is 0 Å². The van der Waals surface area contributed by atoms with Crippen molar-refractivity contribution in [3.05, 3.63) is 0 Å². The quantitative estimate of drug-likeness (QED) is 0.185. The average molecular weight is 509 g/mol. The molecule has 36 heavy (non-hydrogen) atoms. The zero-order valence-electron chi connectivity index (χ0n) is 23.8. The number of esters is 2. The summed E-state index contributed by atoms with van der Waals surface area (Å²) in [6, 6.07) is -0.534. The van der Waals surface area contributed by atoms with Crippen molar-refractivity contribution < 1.29 is 19.1 Å². The number of rotatable bonds is 17. The van der Waals surface area contributed by atoms with Gasteiger partial charge in [0.25, 0.3) is 0 Å². The van der Waals surface area contributed by atoms with Crippen LogP contribution < -0.4 is 10.6 Å². The number of carbonyl (C=O) groups is 2. The van der Waals surface area contributed by atoms with Gasteiger partial charge in [-0.3, -0.25) is 9.59 Å². The molecule has 6 heteroatoms. The molecular weight excluding hydrogens is 452 g/mol. The second-order valence-electron chi connectivity index (χ2n) is 12.2. The number of hydrogen-bond donors (Lipinski definition) is 2. The molecule has 0 saturated heterocycles. The van der Waals surface area contributed by atoms with Gasteiger partial charge in [-0.25, -0.2) is 0 Å². The van der Waals surface area contributed by atoms with E-state index in [4.69, 9.17) is 9.47 Å². The van der Waals surface area contributed by atoms with Gasteiger partial charge < -0.3 is 20.1 Å². The van der Waals surface area contributed by atoms with Crippen LogP contribution in [0.25, 0.3) is 0 Å². The van der Waals surface area contributed by atoms with E-state index in [9.17, 15) is 9.59 Å². The second-order valence-corrected chi connectivity index (χ2v) is 12.2. The predicted molar refractivity (Wildman–Crippen MR) is 147 cm³/mol. The molecule has 2 fully saturated rings. The molecule has 0 bridgehead atoms. The lowest BCUT2D eigenvalue weighted by Crippen LogP contribution is -2.46. The average Bonchev–Trinajstić information content (AvgIpc) is 2.85. The summed E-state index contributed by atoms with van der Waals surface area (Å²) in [5.41, 5.74) is 0. The summed E-state index contributed by atoms with van der Waals surface area (Å²) in [5.74, 6) is 2.00. The lowest BCUT2D eigenvalue weighted by molar-refractivity contribution is -0.148. The van der Waals surface area contributed by atoms with E-state index < -0.39 is 0 Å². The fraction of sp³-hybridized carbons (Fsp3) is 0.933.